The molecule has 0 aliphatic heterocycles. The molecule has 1 saturated carbocycles. The van der Waals surface area contributed by atoms with Gasteiger partial charge in [-0.1, -0.05) is 17.7 Å². The molecule has 1 nitrogen and oxygen atoms in total. The number of rotatable bonds is 4. The van der Waals surface area contributed by atoms with Crippen molar-refractivity contribution in [2.24, 2.45) is 0 Å². The molecule has 17 heavy (non-hydrogen) atoms. The molecular formula is C13H17ClFNS. The Morgan fingerprint density at radius 2 is 2.29 bits per heavy atom. The third kappa shape index (κ3) is 3.60. The summed E-state index contributed by atoms with van der Waals surface area (Å²) in [5.41, 5.74) is 1.05. The van der Waals surface area contributed by atoms with E-state index >= 15 is 0 Å². The van der Waals surface area contributed by atoms with E-state index in [2.05, 4.69) is 11.6 Å². The maximum absolute atomic E-state index is 13.0. The SMILES string of the molecule is CSC1CCC(NCc2ccc(F)c(Cl)c2)C1. The minimum atomic E-state index is -0.348. The molecule has 0 bridgehead atoms. The number of benzene rings is 1. The number of hydrogen-bond acceptors (Lipinski definition) is 2. The fraction of sp³-hybridized carbons (Fsp3) is 0.538. The van der Waals surface area contributed by atoms with Gasteiger partial charge in [0.15, 0.2) is 0 Å². The van der Waals surface area contributed by atoms with Gasteiger partial charge in [-0.15, -0.1) is 0 Å². The van der Waals surface area contributed by atoms with Gasteiger partial charge in [-0.3, -0.25) is 0 Å². The van der Waals surface area contributed by atoms with E-state index in [9.17, 15) is 4.39 Å². The summed E-state index contributed by atoms with van der Waals surface area (Å²) in [7, 11) is 0. The van der Waals surface area contributed by atoms with Crippen molar-refractivity contribution in [3.8, 4) is 0 Å². The first-order valence-corrected chi connectivity index (χ1v) is 7.55. The van der Waals surface area contributed by atoms with Crippen LogP contribution in [0.1, 0.15) is 24.8 Å². The molecule has 1 aliphatic rings. The zero-order chi connectivity index (χ0) is 12.3. The Kier molecular flexibility index (Phi) is 4.71. The Labute approximate surface area is 111 Å². The van der Waals surface area contributed by atoms with E-state index in [0.29, 0.717) is 6.04 Å². The van der Waals surface area contributed by atoms with Crippen LogP contribution < -0.4 is 5.32 Å². The minimum absolute atomic E-state index is 0.206. The number of nitrogens with one attached hydrogen (secondary N) is 1. The lowest BCUT2D eigenvalue weighted by Gasteiger charge is -2.12. The summed E-state index contributed by atoms with van der Waals surface area (Å²) in [6.45, 7) is 0.770. The van der Waals surface area contributed by atoms with E-state index in [1.807, 2.05) is 11.8 Å². The smallest absolute Gasteiger partial charge is 0.141 e. The molecule has 2 rings (SSSR count). The Bertz CT molecular complexity index is 386. The number of hydrogen-bond donors (Lipinski definition) is 1. The van der Waals surface area contributed by atoms with Crippen LogP contribution in [0.25, 0.3) is 0 Å². The second-order valence-electron chi connectivity index (χ2n) is 4.50. The van der Waals surface area contributed by atoms with Gasteiger partial charge < -0.3 is 5.32 Å². The third-order valence-electron chi connectivity index (χ3n) is 3.30. The van der Waals surface area contributed by atoms with Crippen LogP contribution in [0.15, 0.2) is 18.2 Å². The van der Waals surface area contributed by atoms with Crippen molar-refractivity contribution in [1.82, 2.24) is 5.32 Å². The molecular weight excluding hydrogens is 257 g/mol. The van der Waals surface area contributed by atoms with Gasteiger partial charge in [0.2, 0.25) is 0 Å². The van der Waals surface area contributed by atoms with Crippen LogP contribution in [0.4, 0.5) is 4.39 Å². The monoisotopic (exact) mass is 273 g/mol. The van der Waals surface area contributed by atoms with Gasteiger partial charge in [0.05, 0.1) is 5.02 Å². The molecule has 2 unspecified atom stereocenters. The van der Waals surface area contributed by atoms with Crippen LogP contribution in [0.5, 0.6) is 0 Å². The van der Waals surface area contributed by atoms with Crippen molar-refractivity contribution in [3.63, 3.8) is 0 Å². The predicted octanol–water partition coefficient (Wildman–Crippen LogP) is 3.85. The van der Waals surface area contributed by atoms with Gasteiger partial charge in [-0.2, -0.15) is 11.8 Å². The lowest BCUT2D eigenvalue weighted by molar-refractivity contribution is 0.524. The molecule has 0 spiro atoms. The number of halogens is 2. The first kappa shape index (κ1) is 13.2. The average Bonchev–Trinajstić information content (AvgIpc) is 2.79. The van der Waals surface area contributed by atoms with Gasteiger partial charge >= 0.3 is 0 Å². The highest BCUT2D eigenvalue weighted by Crippen LogP contribution is 2.28. The van der Waals surface area contributed by atoms with Crippen molar-refractivity contribution < 1.29 is 4.39 Å². The van der Waals surface area contributed by atoms with Crippen molar-refractivity contribution in [2.45, 2.75) is 37.1 Å². The molecule has 0 amide bonds. The molecule has 1 fully saturated rings. The molecule has 0 aromatic heterocycles. The maximum Gasteiger partial charge on any atom is 0.141 e. The van der Waals surface area contributed by atoms with Gasteiger partial charge in [-0.25, -0.2) is 4.39 Å². The maximum atomic E-state index is 13.0. The minimum Gasteiger partial charge on any atom is -0.310 e. The summed E-state index contributed by atoms with van der Waals surface area (Å²) < 4.78 is 13.0. The molecule has 1 aromatic carbocycles. The summed E-state index contributed by atoms with van der Waals surface area (Å²) in [5, 5.41) is 4.52. The third-order valence-corrected chi connectivity index (χ3v) is 4.68. The largest absolute Gasteiger partial charge is 0.310 e. The molecule has 4 heteroatoms. The Morgan fingerprint density at radius 1 is 1.47 bits per heavy atom. The number of thioether (sulfide) groups is 1. The van der Waals surface area contributed by atoms with Crippen molar-refractivity contribution in [3.05, 3.63) is 34.6 Å². The van der Waals surface area contributed by atoms with Crippen molar-refractivity contribution >= 4 is 23.4 Å². The molecule has 0 heterocycles. The summed E-state index contributed by atoms with van der Waals surface area (Å²) in [6, 6.07) is 5.51. The summed E-state index contributed by atoms with van der Waals surface area (Å²) in [5.74, 6) is -0.348. The van der Waals surface area contributed by atoms with Crippen LogP contribution in [0.2, 0.25) is 5.02 Å². The van der Waals surface area contributed by atoms with Crippen LogP contribution in [0.3, 0.4) is 0 Å². The van der Waals surface area contributed by atoms with Crippen LogP contribution >= 0.6 is 23.4 Å². The normalized spacial score (nSPS) is 24.2. The first-order valence-electron chi connectivity index (χ1n) is 5.89. The molecule has 0 radical (unpaired) electrons. The van der Waals surface area contributed by atoms with E-state index < -0.39 is 0 Å². The lowest BCUT2D eigenvalue weighted by atomic mass is 10.2. The fourth-order valence-corrected chi connectivity index (χ4v) is 3.25. The van der Waals surface area contributed by atoms with Gasteiger partial charge in [0, 0.05) is 17.8 Å². The Hall–Kier alpha value is -0.250. The summed E-state index contributed by atoms with van der Waals surface area (Å²) in [4.78, 5) is 0. The highest BCUT2D eigenvalue weighted by Gasteiger charge is 2.23. The Balaban J connectivity index is 1.84. The molecule has 1 aliphatic carbocycles. The fourth-order valence-electron chi connectivity index (χ4n) is 2.25. The topological polar surface area (TPSA) is 12.0 Å². The summed E-state index contributed by atoms with van der Waals surface area (Å²) in [6.07, 6.45) is 5.94. The van der Waals surface area contributed by atoms with Crippen LogP contribution in [-0.4, -0.2) is 17.5 Å². The highest BCUT2D eigenvalue weighted by atomic mass is 35.5. The summed E-state index contributed by atoms with van der Waals surface area (Å²) >= 11 is 7.70. The van der Waals surface area contributed by atoms with Crippen molar-refractivity contribution in [1.29, 1.82) is 0 Å². The molecule has 1 aromatic rings. The Morgan fingerprint density at radius 3 is 2.94 bits per heavy atom. The molecule has 2 atom stereocenters. The molecule has 94 valence electrons. The van der Waals surface area contributed by atoms with Crippen molar-refractivity contribution in [2.75, 3.05) is 6.26 Å². The van der Waals surface area contributed by atoms with E-state index in [1.54, 1.807) is 12.1 Å². The van der Waals surface area contributed by atoms with Crippen LogP contribution in [-0.2, 0) is 6.54 Å². The van der Waals surface area contributed by atoms with Gasteiger partial charge in [-0.05, 0) is 43.2 Å². The predicted molar refractivity (Wildman–Crippen MR) is 73.2 cm³/mol. The first-order chi connectivity index (χ1) is 8.19. The standard InChI is InChI=1S/C13H17ClFNS/c1-17-11-4-3-10(7-11)16-8-9-2-5-13(15)12(14)6-9/h2,5-6,10-11,16H,3-4,7-8H2,1H3. The zero-order valence-electron chi connectivity index (χ0n) is 9.88. The van der Waals surface area contributed by atoms with E-state index in [-0.39, 0.29) is 10.8 Å². The van der Waals surface area contributed by atoms with E-state index in [4.69, 9.17) is 11.6 Å². The van der Waals surface area contributed by atoms with Gasteiger partial charge in [0.25, 0.3) is 0 Å². The quantitative estimate of drug-likeness (QED) is 0.894. The second kappa shape index (κ2) is 6.07. The lowest BCUT2D eigenvalue weighted by Crippen LogP contribution is -2.26. The second-order valence-corrected chi connectivity index (χ2v) is 6.04. The highest BCUT2D eigenvalue weighted by molar-refractivity contribution is 7.99. The molecule has 1 N–H and O–H groups in total. The van der Waals surface area contributed by atoms with Gasteiger partial charge in [0.1, 0.15) is 5.82 Å². The van der Waals surface area contributed by atoms with E-state index in [1.165, 1.54) is 25.3 Å². The van der Waals surface area contributed by atoms with E-state index in [0.717, 1.165) is 17.4 Å². The molecule has 0 saturated heterocycles. The zero-order valence-corrected chi connectivity index (χ0v) is 11.5. The van der Waals surface area contributed by atoms with Crippen LogP contribution in [0, 0.1) is 5.82 Å². The average molecular weight is 274 g/mol.